The van der Waals surface area contributed by atoms with Crippen molar-refractivity contribution in [3.63, 3.8) is 0 Å². The van der Waals surface area contributed by atoms with Gasteiger partial charge in [0, 0.05) is 33.2 Å². The number of fused-ring (bicyclic) bond motifs is 2. The maximum atomic E-state index is 11.2. The van der Waals surface area contributed by atoms with Gasteiger partial charge in [-0.2, -0.15) is 5.26 Å². The van der Waals surface area contributed by atoms with Gasteiger partial charge >= 0.3 is 0 Å². The first-order valence-electron chi connectivity index (χ1n) is 12.1. The molecule has 3 aromatic carbocycles. The first kappa shape index (κ1) is 24.9. The number of rotatable bonds is 5. The maximum Gasteiger partial charge on any atom is 0.109 e. The summed E-state index contributed by atoms with van der Waals surface area (Å²) in [5.74, 6) is 0.879. The van der Waals surface area contributed by atoms with E-state index in [-0.39, 0.29) is 0 Å². The van der Waals surface area contributed by atoms with E-state index < -0.39 is 11.0 Å². The Hall–Kier alpha value is -1.81. The summed E-state index contributed by atoms with van der Waals surface area (Å²) in [5, 5.41) is 22.6. The fourth-order valence-corrected chi connectivity index (χ4v) is 7.14. The largest absolute Gasteiger partial charge is 0.385 e. The predicted octanol–water partition coefficient (Wildman–Crippen LogP) is 7.28. The molecule has 1 fully saturated rings. The molecule has 0 aliphatic carbocycles. The van der Waals surface area contributed by atoms with Crippen LogP contribution in [0.4, 0.5) is 0 Å². The summed E-state index contributed by atoms with van der Waals surface area (Å²) >= 11 is 11.5. The van der Waals surface area contributed by atoms with Gasteiger partial charge in [-0.1, -0.05) is 63.9 Å². The molecular formula is C29H28BrClN2OS. The van der Waals surface area contributed by atoms with Crippen molar-refractivity contribution in [2.75, 3.05) is 19.6 Å². The van der Waals surface area contributed by atoms with Gasteiger partial charge in [0.2, 0.25) is 0 Å². The van der Waals surface area contributed by atoms with Crippen molar-refractivity contribution >= 4 is 39.3 Å². The number of benzene rings is 3. The Balaban J connectivity index is 1.32. The van der Waals surface area contributed by atoms with E-state index in [9.17, 15) is 10.4 Å². The van der Waals surface area contributed by atoms with E-state index in [1.807, 2.05) is 36.0 Å². The minimum absolute atomic E-state index is 0.668. The molecule has 1 N–H and O–H groups in total. The van der Waals surface area contributed by atoms with Crippen molar-refractivity contribution in [1.82, 2.24) is 4.90 Å². The Morgan fingerprint density at radius 3 is 2.51 bits per heavy atom. The van der Waals surface area contributed by atoms with E-state index >= 15 is 0 Å². The average Bonchev–Trinajstić information content (AvgIpc) is 3.01. The van der Waals surface area contributed by atoms with Crippen LogP contribution in [-0.2, 0) is 16.8 Å². The zero-order valence-electron chi connectivity index (χ0n) is 19.5. The second-order valence-electron chi connectivity index (χ2n) is 9.59. The molecule has 6 heteroatoms. The highest BCUT2D eigenvalue weighted by Gasteiger charge is 2.40. The maximum absolute atomic E-state index is 11.2. The van der Waals surface area contributed by atoms with E-state index in [1.165, 1.54) is 10.5 Å². The van der Waals surface area contributed by atoms with Crippen LogP contribution in [0.3, 0.4) is 0 Å². The fourth-order valence-electron chi connectivity index (χ4n) is 5.53. The molecule has 0 amide bonds. The molecule has 3 aromatic rings. The Labute approximate surface area is 225 Å². The SMILES string of the molecule is N#CC1(CCCN2CCC(O)(c3ccc(Cl)cc3)CC2)c2ccccc2CSc2ccc(Br)cc21. The molecule has 2 aliphatic heterocycles. The van der Waals surface area contributed by atoms with Crippen molar-refractivity contribution < 1.29 is 5.11 Å². The van der Waals surface area contributed by atoms with Crippen LogP contribution in [0.25, 0.3) is 0 Å². The third kappa shape index (κ3) is 4.92. The van der Waals surface area contributed by atoms with Crippen LogP contribution >= 0.6 is 39.3 Å². The minimum atomic E-state index is -0.794. The molecule has 0 spiro atoms. The summed E-state index contributed by atoms with van der Waals surface area (Å²) in [6.45, 7) is 2.60. The number of thioether (sulfide) groups is 1. The molecule has 5 rings (SSSR count). The van der Waals surface area contributed by atoms with Crippen LogP contribution in [0.5, 0.6) is 0 Å². The molecule has 35 heavy (non-hydrogen) atoms. The molecule has 0 saturated carbocycles. The van der Waals surface area contributed by atoms with Crippen molar-refractivity contribution in [2.24, 2.45) is 0 Å². The molecule has 1 atom stereocenters. The predicted molar refractivity (Wildman–Crippen MR) is 147 cm³/mol. The lowest BCUT2D eigenvalue weighted by Crippen LogP contribution is -2.43. The number of nitrogens with zero attached hydrogens (tertiary/aromatic N) is 2. The number of hydrogen-bond acceptors (Lipinski definition) is 4. The lowest BCUT2D eigenvalue weighted by molar-refractivity contribution is -0.0262. The molecule has 3 nitrogen and oxygen atoms in total. The van der Waals surface area contributed by atoms with Crippen molar-refractivity contribution in [2.45, 2.75) is 47.3 Å². The molecule has 180 valence electrons. The summed E-state index contributed by atoms with van der Waals surface area (Å²) in [4.78, 5) is 3.62. The van der Waals surface area contributed by atoms with Crippen LogP contribution in [0.15, 0.2) is 76.1 Å². The molecule has 2 aliphatic rings. The standard InChI is InChI=1S/C29H28BrClN2OS/c30-23-8-11-27-26(18-23)28(20-32,25-5-2-1-4-21(25)19-35-27)12-3-15-33-16-13-29(34,14-17-33)22-6-9-24(31)10-7-22/h1-2,4-11,18,34H,3,12-17,19H2. The number of likely N-dealkylation sites (tertiary alicyclic amines) is 1. The summed E-state index contributed by atoms with van der Waals surface area (Å²) < 4.78 is 1.01. The summed E-state index contributed by atoms with van der Waals surface area (Å²) in [5.41, 5.74) is 2.98. The molecule has 2 heterocycles. The van der Waals surface area contributed by atoms with Gasteiger partial charge in [-0.3, -0.25) is 0 Å². The average molecular weight is 568 g/mol. The van der Waals surface area contributed by atoms with Gasteiger partial charge in [-0.15, -0.1) is 11.8 Å². The third-order valence-corrected chi connectivity index (χ3v) is 9.41. The third-order valence-electron chi connectivity index (χ3n) is 7.54. The lowest BCUT2D eigenvalue weighted by Gasteiger charge is -2.39. The zero-order valence-corrected chi connectivity index (χ0v) is 22.7. The second-order valence-corrected chi connectivity index (χ2v) is 12.0. The van der Waals surface area contributed by atoms with Crippen LogP contribution in [0.2, 0.25) is 5.02 Å². The summed E-state index contributed by atoms with van der Waals surface area (Å²) in [6.07, 6.45) is 3.08. The zero-order chi connectivity index (χ0) is 24.5. The highest BCUT2D eigenvalue weighted by molar-refractivity contribution is 9.10. The van der Waals surface area contributed by atoms with Gasteiger partial charge in [0.1, 0.15) is 5.41 Å². The Kier molecular flexibility index (Phi) is 7.30. The van der Waals surface area contributed by atoms with Crippen molar-refractivity contribution in [1.29, 1.82) is 5.26 Å². The second kappa shape index (κ2) is 10.3. The fraction of sp³-hybridized carbons (Fsp3) is 0.345. The summed E-state index contributed by atoms with van der Waals surface area (Å²) in [7, 11) is 0. The molecule has 0 aromatic heterocycles. The number of hydrogen-bond donors (Lipinski definition) is 1. The first-order valence-corrected chi connectivity index (χ1v) is 14.2. The summed E-state index contributed by atoms with van der Waals surface area (Å²) in [6, 6.07) is 25.1. The van der Waals surface area contributed by atoms with E-state index in [2.05, 4.69) is 69.4 Å². The number of piperidine rings is 1. The minimum Gasteiger partial charge on any atom is -0.385 e. The number of nitriles is 1. The Bertz CT molecular complexity index is 1250. The van der Waals surface area contributed by atoms with E-state index in [0.29, 0.717) is 17.9 Å². The quantitative estimate of drug-likeness (QED) is 0.352. The van der Waals surface area contributed by atoms with E-state index in [0.717, 1.165) is 59.4 Å². The lowest BCUT2D eigenvalue weighted by atomic mass is 9.71. The van der Waals surface area contributed by atoms with Gasteiger partial charge in [-0.25, -0.2) is 0 Å². The van der Waals surface area contributed by atoms with Gasteiger partial charge in [0.25, 0.3) is 0 Å². The topological polar surface area (TPSA) is 47.3 Å². The number of halogens is 2. The highest BCUT2D eigenvalue weighted by Crippen LogP contribution is 2.47. The first-order chi connectivity index (χ1) is 16.9. The van der Waals surface area contributed by atoms with E-state index in [4.69, 9.17) is 11.6 Å². The Morgan fingerprint density at radius 2 is 1.77 bits per heavy atom. The van der Waals surface area contributed by atoms with Gasteiger partial charge in [-0.05, 0) is 84.8 Å². The van der Waals surface area contributed by atoms with E-state index in [1.54, 1.807) is 0 Å². The van der Waals surface area contributed by atoms with Crippen LogP contribution in [0.1, 0.15) is 47.9 Å². The Morgan fingerprint density at radius 1 is 1.03 bits per heavy atom. The van der Waals surface area contributed by atoms with Gasteiger partial charge in [0.05, 0.1) is 11.7 Å². The molecule has 1 unspecified atom stereocenters. The normalized spacial score (nSPS) is 21.4. The van der Waals surface area contributed by atoms with Gasteiger partial charge < -0.3 is 10.0 Å². The highest BCUT2D eigenvalue weighted by atomic mass is 79.9. The van der Waals surface area contributed by atoms with Crippen LogP contribution in [0, 0.1) is 11.3 Å². The molecule has 1 saturated heterocycles. The van der Waals surface area contributed by atoms with Crippen LogP contribution in [-0.4, -0.2) is 29.6 Å². The van der Waals surface area contributed by atoms with Crippen molar-refractivity contribution in [3.05, 3.63) is 98.5 Å². The number of aliphatic hydroxyl groups is 1. The molecule has 0 bridgehead atoms. The molecular weight excluding hydrogens is 540 g/mol. The smallest absolute Gasteiger partial charge is 0.109 e. The van der Waals surface area contributed by atoms with Crippen LogP contribution < -0.4 is 0 Å². The molecule has 0 radical (unpaired) electrons. The van der Waals surface area contributed by atoms with Gasteiger partial charge in [0.15, 0.2) is 0 Å². The monoisotopic (exact) mass is 566 g/mol. The van der Waals surface area contributed by atoms with Crippen molar-refractivity contribution in [3.8, 4) is 6.07 Å².